The maximum absolute atomic E-state index is 10.6. The van der Waals surface area contributed by atoms with Crippen molar-refractivity contribution in [2.75, 3.05) is 19.6 Å². The van der Waals surface area contributed by atoms with Crippen LogP contribution in [0.25, 0.3) is 0 Å². The fraction of sp³-hybridized carbons (Fsp3) is 0.846. The summed E-state index contributed by atoms with van der Waals surface area (Å²) in [5, 5.41) is 21.1. The molecule has 2 aliphatic carbocycles. The average molecular weight is 404 g/mol. The largest absolute Gasteiger partial charge is 0.392 e. The number of nitrogens with zero attached hydrogens (tertiary/aromatic N) is 1. The van der Waals surface area contributed by atoms with E-state index >= 15 is 0 Å². The van der Waals surface area contributed by atoms with Gasteiger partial charge in [0, 0.05) is 5.92 Å². The van der Waals surface area contributed by atoms with Crippen LogP contribution < -0.4 is 0 Å². The number of aliphatic hydroxyl groups is 2. The van der Waals surface area contributed by atoms with E-state index in [1.807, 2.05) is 6.92 Å². The van der Waals surface area contributed by atoms with E-state index in [4.69, 9.17) is 0 Å². The standard InChI is InChI=1S/C26H45NO2/c1-3-4-13-26(2,29)14-10-12-23-24-19-21(18-22(24)20-25(23)28)11-6-5-7-15-27-16-8-9-17-27/h10,12,18,22-25,28-29H,3-9,11,13-17,19-20H2,1-2H3/b12-10+/t22-,23+,24-,25+,26+/m0/s1. The van der Waals surface area contributed by atoms with E-state index in [0.717, 1.165) is 25.7 Å². The highest BCUT2D eigenvalue weighted by atomic mass is 16.3. The third kappa shape index (κ3) is 6.94. The van der Waals surface area contributed by atoms with Gasteiger partial charge in [-0.05, 0) is 96.2 Å². The van der Waals surface area contributed by atoms with Crippen molar-refractivity contribution >= 4 is 0 Å². The average Bonchev–Trinajstić information content (AvgIpc) is 3.38. The lowest BCUT2D eigenvalue weighted by atomic mass is 9.87. The van der Waals surface area contributed by atoms with E-state index in [1.165, 1.54) is 64.6 Å². The van der Waals surface area contributed by atoms with Crippen LogP contribution in [-0.4, -0.2) is 46.5 Å². The Morgan fingerprint density at radius 3 is 2.72 bits per heavy atom. The van der Waals surface area contributed by atoms with Gasteiger partial charge < -0.3 is 15.1 Å². The molecule has 0 aromatic rings. The van der Waals surface area contributed by atoms with Gasteiger partial charge in [0.05, 0.1) is 11.7 Å². The van der Waals surface area contributed by atoms with Crippen LogP contribution in [0.4, 0.5) is 0 Å². The fourth-order valence-electron chi connectivity index (χ4n) is 5.80. The molecule has 0 unspecified atom stereocenters. The summed E-state index contributed by atoms with van der Waals surface area (Å²) in [5.41, 5.74) is 1.03. The number of aliphatic hydroxyl groups excluding tert-OH is 1. The normalized spacial score (nSPS) is 32.1. The third-order valence-corrected chi connectivity index (χ3v) is 7.61. The second kappa shape index (κ2) is 11.1. The van der Waals surface area contributed by atoms with E-state index < -0.39 is 5.60 Å². The first-order valence-electron chi connectivity index (χ1n) is 12.5. The smallest absolute Gasteiger partial charge is 0.0654 e. The molecular formula is C26H45NO2. The van der Waals surface area contributed by atoms with Crippen molar-refractivity contribution in [3.8, 4) is 0 Å². The van der Waals surface area contributed by atoms with Gasteiger partial charge in [-0.15, -0.1) is 0 Å². The molecule has 5 atom stereocenters. The number of rotatable bonds is 12. The van der Waals surface area contributed by atoms with Gasteiger partial charge in [-0.3, -0.25) is 0 Å². The van der Waals surface area contributed by atoms with E-state index in [9.17, 15) is 10.2 Å². The molecule has 166 valence electrons. The van der Waals surface area contributed by atoms with Gasteiger partial charge in [0.2, 0.25) is 0 Å². The number of likely N-dealkylation sites (tertiary alicyclic amines) is 1. The third-order valence-electron chi connectivity index (χ3n) is 7.61. The van der Waals surface area contributed by atoms with Crippen LogP contribution in [-0.2, 0) is 0 Å². The Kier molecular flexibility index (Phi) is 8.83. The molecule has 2 fully saturated rings. The number of fused-ring (bicyclic) bond motifs is 1. The van der Waals surface area contributed by atoms with Crippen molar-refractivity contribution in [3.63, 3.8) is 0 Å². The summed E-state index contributed by atoms with van der Waals surface area (Å²) in [7, 11) is 0. The second-order valence-electron chi connectivity index (χ2n) is 10.3. The van der Waals surface area contributed by atoms with Gasteiger partial charge in [0.25, 0.3) is 0 Å². The lowest BCUT2D eigenvalue weighted by Crippen LogP contribution is -2.23. The molecular weight excluding hydrogens is 358 g/mol. The lowest BCUT2D eigenvalue weighted by molar-refractivity contribution is 0.0513. The molecule has 0 radical (unpaired) electrons. The summed E-state index contributed by atoms with van der Waals surface area (Å²) in [4.78, 5) is 2.62. The van der Waals surface area contributed by atoms with E-state index in [0.29, 0.717) is 18.3 Å². The van der Waals surface area contributed by atoms with Crippen LogP contribution in [0.2, 0.25) is 0 Å². The first kappa shape index (κ1) is 23.0. The van der Waals surface area contributed by atoms with E-state index in [1.54, 1.807) is 5.57 Å². The minimum atomic E-state index is -0.608. The molecule has 0 bridgehead atoms. The maximum Gasteiger partial charge on any atom is 0.0654 e. The molecule has 29 heavy (non-hydrogen) atoms. The van der Waals surface area contributed by atoms with Gasteiger partial charge in [-0.25, -0.2) is 0 Å². The highest BCUT2D eigenvalue weighted by Gasteiger charge is 2.43. The monoisotopic (exact) mass is 403 g/mol. The van der Waals surface area contributed by atoms with E-state index in [2.05, 4.69) is 30.1 Å². The minimum absolute atomic E-state index is 0.208. The first-order chi connectivity index (χ1) is 14.0. The van der Waals surface area contributed by atoms with Crippen molar-refractivity contribution in [2.45, 2.75) is 103 Å². The molecule has 1 aliphatic heterocycles. The molecule has 1 heterocycles. The molecule has 1 saturated carbocycles. The van der Waals surface area contributed by atoms with Crippen molar-refractivity contribution in [1.82, 2.24) is 4.90 Å². The van der Waals surface area contributed by atoms with Crippen molar-refractivity contribution in [3.05, 3.63) is 23.8 Å². The van der Waals surface area contributed by atoms with Crippen LogP contribution in [0.5, 0.6) is 0 Å². The molecule has 3 aliphatic rings. The van der Waals surface area contributed by atoms with Gasteiger partial charge in [0.1, 0.15) is 0 Å². The van der Waals surface area contributed by atoms with Gasteiger partial charge >= 0.3 is 0 Å². The van der Waals surface area contributed by atoms with Crippen molar-refractivity contribution in [1.29, 1.82) is 0 Å². The highest BCUT2D eigenvalue weighted by molar-refractivity contribution is 5.20. The lowest BCUT2D eigenvalue weighted by Gasteiger charge is -2.22. The maximum atomic E-state index is 10.6. The Balaban J connectivity index is 1.37. The Bertz CT molecular complexity index is 547. The van der Waals surface area contributed by atoms with Crippen LogP contribution in [0.1, 0.15) is 90.9 Å². The number of hydrogen-bond acceptors (Lipinski definition) is 3. The SMILES string of the molecule is CCCC[C@@](C)(O)C/C=C/[C@@H]1[C@H]2CC(CCCCCN3CCCC3)=C[C@H]2C[C@H]1O. The molecule has 0 spiro atoms. The quantitative estimate of drug-likeness (QED) is 0.335. The van der Waals surface area contributed by atoms with Crippen molar-refractivity contribution < 1.29 is 10.2 Å². The predicted molar refractivity (Wildman–Crippen MR) is 122 cm³/mol. The first-order valence-corrected chi connectivity index (χ1v) is 12.5. The summed E-state index contributed by atoms with van der Waals surface area (Å²) in [6.07, 6.45) is 20.6. The number of hydrogen-bond donors (Lipinski definition) is 2. The van der Waals surface area contributed by atoms with Crippen molar-refractivity contribution in [2.24, 2.45) is 17.8 Å². The summed E-state index contributed by atoms with van der Waals surface area (Å²) >= 11 is 0. The summed E-state index contributed by atoms with van der Waals surface area (Å²) in [5.74, 6) is 1.42. The molecule has 3 heteroatoms. The summed E-state index contributed by atoms with van der Waals surface area (Å²) in [6, 6.07) is 0. The van der Waals surface area contributed by atoms with Crippen LogP contribution in [0.15, 0.2) is 23.8 Å². The number of allylic oxidation sites excluding steroid dienone is 2. The Morgan fingerprint density at radius 1 is 1.17 bits per heavy atom. The fourth-order valence-corrected chi connectivity index (χ4v) is 5.80. The van der Waals surface area contributed by atoms with Gasteiger partial charge in [-0.2, -0.15) is 0 Å². The summed E-state index contributed by atoms with van der Waals surface area (Å²) < 4.78 is 0. The molecule has 1 saturated heterocycles. The Labute approximate surface area is 179 Å². The molecule has 0 aromatic heterocycles. The Morgan fingerprint density at radius 2 is 1.97 bits per heavy atom. The predicted octanol–water partition coefficient (Wildman–Crippen LogP) is 5.47. The van der Waals surface area contributed by atoms with E-state index in [-0.39, 0.29) is 12.0 Å². The molecule has 3 rings (SSSR count). The molecule has 0 aromatic carbocycles. The number of unbranched alkanes of at least 4 members (excludes halogenated alkanes) is 3. The van der Waals surface area contributed by atoms with Crippen LogP contribution >= 0.6 is 0 Å². The Hall–Kier alpha value is -0.640. The molecule has 3 nitrogen and oxygen atoms in total. The highest BCUT2D eigenvalue weighted by Crippen LogP contribution is 2.48. The zero-order chi connectivity index (χ0) is 20.7. The molecule has 0 amide bonds. The topological polar surface area (TPSA) is 43.7 Å². The second-order valence-corrected chi connectivity index (χ2v) is 10.3. The zero-order valence-corrected chi connectivity index (χ0v) is 19.0. The van der Waals surface area contributed by atoms with Crippen LogP contribution in [0, 0.1) is 17.8 Å². The molecule has 2 N–H and O–H groups in total. The minimum Gasteiger partial charge on any atom is -0.392 e. The van der Waals surface area contributed by atoms with Gasteiger partial charge in [-0.1, -0.05) is 50.0 Å². The zero-order valence-electron chi connectivity index (χ0n) is 19.0. The van der Waals surface area contributed by atoms with Crippen LogP contribution in [0.3, 0.4) is 0 Å². The summed E-state index contributed by atoms with van der Waals surface area (Å²) in [6.45, 7) is 8.05. The van der Waals surface area contributed by atoms with Gasteiger partial charge in [0.15, 0.2) is 0 Å².